The van der Waals surface area contributed by atoms with Gasteiger partial charge < -0.3 is 10.1 Å². The van der Waals surface area contributed by atoms with E-state index >= 15 is 0 Å². The zero-order chi connectivity index (χ0) is 16.2. The molecule has 0 radical (unpaired) electrons. The standard InChI is InChI=1S/C15H14F2N4O2/c16-10-4-3-9(8-11(10)17)14-12(5-7-23-14)19-15(22)20-13-2-1-6-18-21-13/h1-4,6,8,12,14H,5,7H2,(H2,19,20,21,22)/t12-,14-/m1/s1. The van der Waals surface area contributed by atoms with Gasteiger partial charge in [-0.1, -0.05) is 6.07 Å². The molecule has 2 atom stereocenters. The molecule has 8 heteroatoms. The first kappa shape index (κ1) is 15.3. The van der Waals surface area contributed by atoms with Gasteiger partial charge in [0.1, 0.15) is 6.10 Å². The minimum atomic E-state index is -0.944. The molecule has 0 saturated carbocycles. The molecule has 6 nitrogen and oxygen atoms in total. The van der Waals surface area contributed by atoms with E-state index in [0.29, 0.717) is 24.4 Å². The number of ether oxygens (including phenoxy) is 1. The number of halogens is 2. The van der Waals surface area contributed by atoms with E-state index in [2.05, 4.69) is 20.8 Å². The summed E-state index contributed by atoms with van der Waals surface area (Å²) in [5.41, 5.74) is 0.478. The first-order valence-electron chi connectivity index (χ1n) is 7.05. The van der Waals surface area contributed by atoms with Crippen molar-refractivity contribution in [3.8, 4) is 0 Å². The van der Waals surface area contributed by atoms with Crippen molar-refractivity contribution in [3.05, 3.63) is 53.7 Å². The van der Waals surface area contributed by atoms with Crippen molar-refractivity contribution in [1.29, 1.82) is 0 Å². The van der Waals surface area contributed by atoms with Gasteiger partial charge in [-0.3, -0.25) is 5.32 Å². The fourth-order valence-corrected chi connectivity index (χ4v) is 2.44. The summed E-state index contributed by atoms with van der Waals surface area (Å²) < 4.78 is 31.9. The van der Waals surface area contributed by atoms with Gasteiger partial charge >= 0.3 is 6.03 Å². The van der Waals surface area contributed by atoms with Crippen molar-refractivity contribution in [2.75, 3.05) is 11.9 Å². The number of aromatic nitrogens is 2. The second-order valence-corrected chi connectivity index (χ2v) is 5.07. The third kappa shape index (κ3) is 3.59. The van der Waals surface area contributed by atoms with Gasteiger partial charge in [-0.2, -0.15) is 5.10 Å². The van der Waals surface area contributed by atoms with Crippen LogP contribution in [0.2, 0.25) is 0 Å². The molecule has 120 valence electrons. The van der Waals surface area contributed by atoms with Crippen molar-refractivity contribution >= 4 is 11.8 Å². The Morgan fingerprint density at radius 1 is 1.26 bits per heavy atom. The van der Waals surface area contributed by atoms with Crippen LogP contribution in [-0.4, -0.2) is 28.9 Å². The number of nitrogens with one attached hydrogen (secondary N) is 2. The maximum atomic E-state index is 13.4. The lowest BCUT2D eigenvalue weighted by molar-refractivity contribution is 0.100. The second-order valence-electron chi connectivity index (χ2n) is 5.07. The molecule has 2 aromatic rings. The Morgan fingerprint density at radius 3 is 2.87 bits per heavy atom. The van der Waals surface area contributed by atoms with E-state index in [1.165, 1.54) is 12.3 Å². The minimum Gasteiger partial charge on any atom is -0.371 e. The van der Waals surface area contributed by atoms with Crippen molar-refractivity contribution in [2.24, 2.45) is 0 Å². The third-order valence-electron chi connectivity index (χ3n) is 3.49. The van der Waals surface area contributed by atoms with Crippen LogP contribution in [0.5, 0.6) is 0 Å². The van der Waals surface area contributed by atoms with E-state index in [-0.39, 0.29) is 6.04 Å². The molecule has 23 heavy (non-hydrogen) atoms. The molecule has 1 fully saturated rings. The summed E-state index contributed by atoms with van der Waals surface area (Å²) in [4.78, 5) is 12.0. The number of urea groups is 1. The maximum absolute atomic E-state index is 13.4. The third-order valence-corrected chi connectivity index (χ3v) is 3.49. The van der Waals surface area contributed by atoms with Crippen LogP contribution in [-0.2, 0) is 4.74 Å². The summed E-state index contributed by atoms with van der Waals surface area (Å²) in [7, 11) is 0. The summed E-state index contributed by atoms with van der Waals surface area (Å²) in [6, 6.07) is 6.01. The molecule has 0 aliphatic carbocycles. The molecule has 0 bridgehead atoms. The van der Waals surface area contributed by atoms with Gasteiger partial charge in [-0.05, 0) is 36.2 Å². The zero-order valence-corrected chi connectivity index (χ0v) is 12.0. The lowest BCUT2D eigenvalue weighted by Gasteiger charge is -2.20. The number of hydrogen-bond donors (Lipinski definition) is 2. The molecule has 1 saturated heterocycles. The Bertz CT molecular complexity index is 699. The van der Waals surface area contributed by atoms with Crippen LogP contribution in [0.4, 0.5) is 19.4 Å². The van der Waals surface area contributed by atoms with Gasteiger partial charge in [0.25, 0.3) is 0 Å². The molecule has 2 N–H and O–H groups in total. The Labute approximate surface area is 130 Å². The van der Waals surface area contributed by atoms with E-state index in [1.54, 1.807) is 12.1 Å². The molecule has 0 unspecified atom stereocenters. The number of carbonyl (C=O) groups is 1. The Morgan fingerprint density at radius 2 is 2.13 bits per heavy atom. The van der Waals surface area contributed by atoms with E-state index < -0.39 is 23.8 Å². The lowest BCUT2D eigenvalue weighted by atomic mass is 10.0. The van der Waals surface area contributed by atoms with Crippen LogP contribution >= 0.6 is 0 Å². The molecule has 2 heterocycles. The van der Waals surface area contributed by atoms with Gasteiger partial charge in [0, 0.05) is 12.8 Å². The predicted molar refractivity (Wildman–Crippen MR) is 77.6 cm³/mol. The lowest BCUT2D eigenvalue weighted by Crippen LogP contribution is -2.39. The van der Waals surface area contributed by atoms with Gasteiger partial charge in [0.2, 0.25) is 0 Å². The largest absolute Gasteiger partial charge is 0.371 e. The summed E-state index contributed by atoms with van der Waals surface area (Å²) >= 11 is 0. The first-order valence-corrected chi connectivity index (χ1v) is 7.05. The Balaban J connectivity index is 1.67. The van der Waals surface area contributed by atoms with E-state index in [9.17, 15) is 13.6 Å². The number of rotatable bonds is 3. The molecule has 2 amide bonds. The minimum absolute atomic E-state index is 0.313. The average molecular weight is 320 g/mol. The monoisotopic (exact) mass is 320 g/mol. The van der Waals surface area contributed by atoms with Crippen molar-refractivity contribution in [3.63, 3.8) is 0 Å². The number of nitrogens with zero attached hydrogens (tertiary/aromatic N) is 2. The predicted octanol–water partition coefficient (Wildman–Crippen LogP) is 2.41. The highest BCUT2D eigenvalue weighted by Gasteiger charge is 2.31. The van der Waals surface area contributed by atoms with Crippen LogP contribution in [0.1, 0.15) is 18.1 Å². The summed E-state index contributed by atoms with van der Waals surface area (Å²) in [5, 5.41) is 12.7. The highest BCUT2D eigenvalue weighted by Crippen LogP contribution is 2.30. The quantitative estimate of drug-likeness (QED) is 0.910. The normalized spacial score (nSPS) is 20.3. The first-order chi connectivity index (χ1) is 11.1. The molecule has 1 aliphatic heterocycles. The van der Waals surface area contributed by atoms with Crippen molar-refractivity contribution in [2.45, 2.75) is 18.6 Å². The topological polar surface area (TPSA) is 76.1 Å². The number of anilines is 1. The highest BCUT2D eigenvalue weighted by atomic mass is 19.2. The summed E-state index contributed by atoms with van der Waals surface area (Å²) in [6.07, 6.45) is 1.53. The zero-order valence-electron chi connectivity index (χ0n) is 12.0. The van der Waals surface area contributed by atoms with Crippen molar-refractivity contribution in [1.82, 2.24) is 15.5 Å². The number of amides is 2. The fraction of sp³-hybridized carbons (Fsp3) is 0.267. The average Bonchev–Trinajstić information content (AvgIpc) is 2.99. The van der Waals surface area contributed by atoms with Gasteiger partial charge in [0.15, 0.2) is 17.5 Å². The van der Waals surface area contributed by atoms with Gasteiger partial charge in [-0.15, -0.1) is 5.10 Å². The molecule has 1 aromatic heterocycles. The number of hydrogen-bond acceptors (Lipinski definition) is 4. The van der Waals surface area contributed by atoms with Crippen LogP contribution < -0.4 is 10.6 Å². The van der Waals surface area contributed by atoms with Crippen LogP contribution in [0.25, 0.3) is 0 Å². The van der Waals surface area contributed by atoms with E-state index in [0.717, 1.165) is 12.1 Å². The maximum Gasteiger partial charge on any atom is 0.320 e. The Hall–Kier alpha value is -2.61. The summed E-state index contributed by atoms with van der Waals surface area (Å²) in [5.74, 6) is -1.55. The number of carbonyl (C=O) groups excluding carboxylic acids is 1. The molecule has 1 aromatic carbocycles. The van der Waals surface area contributed by atoms with E-state index in [1.807, 2.05) is 0 Å². The van der Waals surface area contributed by atoms with Crippen LogP contribution in [0, 0.1) is 11.6 Å². The smallest absolute Gasteiger partial charge is 0.320 e. The molecule has 1 aliphatic rings. The molecular weight excluding hydrogens is 306 g/mol. The van der Waals surface area contributed by atoms with Gasteiger partial charge in [0.05, 0.1) is 6.04 Å². The second kappa shape index (κ2) is 6.66. The summed E-state index contributed by atoms with van der Waals surface area (Å²) in [6.45, 7) is 0.416. The molecule has 3 rings (SSSR count). The molecular formula is C15H14F2N4O2. The number of benzene rings is 1. The van der Waals surface area contributed by atoms with Gasteiger partial charge in [-0.25, -0.2) is 13.6 Å². The van der Waals surface area contributed by atoms with E-state index in [4.69, 9.17) is 4.74 Å². The van der Waals surface area contributed by atoms with Crippen LogP contribution in [0.3, 0.4) is 0 Å². The fourth-order valence-electron chi connectivity index (χ4n) is 2.44. The molecule has 0 spiro atoms. The SMILES string of the molecule is O=C(Nc1cccnn1)N[C@@H]1CCO[C@@H]1c1ccc(F)c(F)c1. The highest BCUT2D eigenvalue weighted by molar-refractivity contribution is 5.88. The Kier molecular flexibility index (Phi) is 4.42. The van der Waals surface area contributed by atoms with Crippen LogP contribution in [0.15, 0.2) is 36.5 Å². The van der Waals surface area contributed by atoms with Crippen molar-refractivity contribution < 1.29 is 18.3 Å².